The molecule has 0 fully saturated rings. The fraction of sp³-hybridized carbons (Fsp3) is 0.250. The first-order valence-electron chi connectivity index (χ1n) is 6.73. The summed E-state index contributed by atoms with van der Waals surface area (Å²) in [7, 11) is -0.467. The average Bonchev–Trinajstić information content (AvgIpc) is 2.53. The van der Waals surface area contributed by atoms with Gasteiger partial charge in [0.05, 0.1) is 19.1 Å². The molecule has 2 rings (SSSR count). The topological polar surface area (TPSA) is 64.6 Å². The number of aryl methyl sites for hydroxylation is 1. The second kappa shape index (κ2) is 6.81. The molecule has 0 aliphatic carbocycles. The van der Waals surface area contributed by atoms with Crippen molar-refractivity contribution in [2.45, 2.75) is 18.4 Å². The average molecular weight is 321 g/mol. The number of hydrogen-bond donors (Lipinski definition) is 1. The van der Waals surface area contributed by atoms with Crippen molar-refractivity contribution in [2.24, 2.45) is 0 Å². The minimum absolute atomic E-state index is 0.122. The molecule has 22 heavy (non-hydrogen) atoms. The summed E-state index contributed by atoms with van der Waals surface area (Å²) in [5.74, 6) is 1.25. The Balaban J connectivity index is 2.20. The molecule has 118 valence electrons. The van der Waals surface area contributed by atoms with Crippen LogP contribution in [0.5, 0.6) is 11.5 Å². The lowest BCUT2D eigenvalue weighted by atomic mass is 10.2. The van der Waals surface area contributed by atoms with Gasteiger partial charge in [-0.3, -0.25) is 0 Å². The highest BCUT2D eigenvalue weighted by molar-refractivity contribution is 7.89. The Kier molecular flexibility index (Phi) is 5.05. The second-order valence-electron chi connectivity index (χ2n) is 4.82. The van der Waals surface area contributed by atoms with Crippen LogP contribution in [-0.2, 0) is 16.6 Å². The highest BCUT2D eigenvalue weighted by atomic mass is 32.2. The van der Waals surface area contributed by atoms with Gasteiger partial charge in [0.2, 0.25) is 10.0 Å². The summed E-state index contributed by atoms with van der Waals surface area (Å²) in [4.78, 5) is 0.236. The Morgan fingerprint density at radius 2 is 1.68 bits per heavy atom. The molecule has 0 saturated heterocycles. The summed E-state index contributed by atoms with van der Waals surface area (Å²) in [6, 6.07) is 11.9. The molecule has 0 atom stereocenters. The van der Waals surface area contributed by atoms with E-state index in [-0.39, 0.29) is 11.4 Å². The number of sulfonamides is 1. The SMILES string of the molecule is COc1ccc(OC)c(CNS(=O)(=O)c2ccc(C)cc2)c1. The number of rotatable bonds is 6. The number of methoxy groups -OCH3 is 2. The number of hydrogen-bond acceptors (Lipinski definition) is 4. The molecule has 0 unspecified atom stereocenters. The van der Waals surface area contributed by atoms with E-state index in [0.29, 0.717) is 17.1 Å². The van der Waals surface area contributed by atoms with E-state index in [9.17, 15) is 8.42 Å². The molecular weight excluding hydrogens is 302 g/mol. The molecule has 0 spiro atoms. The zero-order valence-corrected chi connectivity index (χ0v) is 13.6. The van der Waals surface area contributed by atoms with E-state index in [0.717, 1.165) is 5.56 Å². The maximum atomic E-state index is 12.3. The number of benzene rings is 2. The van der Waals surface area contributed by atoms with Gasteiger partial charge in [-0.05, 0) is 37.3 Å². The Hall–Kier alpha value is -2.05. The maximum Gasteiger partial charge on any atom is 0.240 e. The zero-order chi connectivity index (χ0) is 16.2. The summed E-state index contributed by atoms with van der Waals surface area (Å²) < 4.78 is 37.5. The molecule has 6 heteroatoms. The smallest absolute Gasteiger partial charge is 0.240 e. The molecule has 2 aromatic carbocycles. The van der Waals surface area contributed by atoms with Gasteiger partial charge in [-0.2, -0.15) is 0 Å². The van der Waals surface area contributed by atoms with Crippen LogP contribution >= 0.6 is 0 Å². The van der Waals surface area contributed by atoms with E-state index in [1.807, 2.05) is 6.92 Å². The van der Waals surface area contributed by atoms with E-state index in [1.165, 1.54) is 0 Å². The monoisotopic (exact) mass is 321 g/mol. The highest BCUT2D eigenvalue weighted by Crippen LogP contribution is 2.24. The third-order valence-electron chi connectivity index (χ3n) is 3.27. The molecule has 5 nitrogen and oxygen atoms in total. The van der Waals surface area contributed by atoms with Crippen molar-refractivity contribution in [1.29, 1.82) is 0 Å². The van der Waals surface area contributed by atoms with E-state index in [2.05, 4.69) is 4.72 Å². The fourth-order valence-corrected chi connectivity index (χ4v) is 3.00. The van der Waals surface area contributed by atoms with E-state index in [1.54, 1.807) is 56.7 Å². The Bertz CT molecular complexity index is 739. The predicted molar refractivity (Wildman–Crippen MR) is 84.8 cm³/mol. The third kappa shape index (κ3) is 3.78. The number of ether oxygens (including phenoxy) is 2. The van der Waals surface area contributed by atoms with Gasteiger partial charge in [0, 0.05) is 12.1 Å². The van der Waals surface area contributed by atoms with Crippen LogP contribution in [-0.4, -0.2) is 22.6 Å². The summed E-state index contributed by atoms with van der Waals surface area (Å²) in [6.07, 6.45) is 0. The molecule has 0 heterocycles. The lowest BCUT2D eigenvalue weighted by Crippen LogP contribution is -2.23. The Morgan fingerprint density at radius 3 is 2.27 bits per heavy atom. The van der Waals surface area contributed by atoms with Crippen molar-refractivity contribution in [2.75, 3.05) is 14.2 Å². The van der Waals surface area contributed by atoms with Gasteiger partial charge in [0.25, 0.3) is 0 Å². The van der Waals surface area contributed by atoms with E-state index < -0.39 is 10.0 Å². The highest BCUT2D eigenvalue weighted by Gasteiger charge is 2.15. The largest absolute Gasteiger partial charge is 0.497 e. The molecule has 1 N–H and O–H groups in total. The van der Waals surface area contributed by atoms with E-state index >= 15 is 0 Å². The zero-order valence-electron chi connectivity index (χ0n) is 12.8. The van der Waals surface area contributed by atoms with E-state index in [4.69, 9.17) is 9.47 Å². The molecule has 0 amide bonds. The van der Waals surface area contributed by atoms with Crippen LogP contribution < -0.4 is 14.2 Å². The van der Waals surface area contributed by atoms with Crippen LogP contribution in [0.4, 0.5) is 0 Å². The summed E-state index contributed by atoms with van der Waals surface area (Å²) >= 11 is 0. The van der Waals surface area contributed by atoms with Gasteiger partial charge in [-0.25, -0.2) is 13.1 Å². The van der Waals surface area contributed by atoms with Crippen molar-refractivity contribution in [3.8, 4) is 11.5 Å². The lowest BCUT2D eigenvalue weighted by molar-refractivity contribution is 0.398. The first-order valence-corrected chi connectivity index (χ1v) is 8.22. The maximum absolute atomic E-state index is 12.3. The summed E-state index contributed by atoms with van der Waals surface area (Å²) in [5.41, 5.74) is 1.71. The van der Waals surface area contributed by atoms with Crippen LogP contribution in [0.3, 0.4) is 0 Å². The van der Waals surface area contributed by atoms with Gasteiger partial charge >= 0.3 is 0 Å². The van der Waals surface area contributed by atoms with Crippen LogP contribution in [0.2, 0.25) is 0 Å². The normalized spacial score (nSPS) is 11.2. The van der Waals surface area contributed by atoms with Crippen LogP contribution in [0, 0.1) is 6.92 Å². The Labute approximate surface area is 130 Å². The van der Waals surface area contributed by atoms with Crippen LogP contribution in [0.25, 0.3) is 0 Å². The van der Waals surface area contributed by atoms with Gasteiger partial charge in [-0.15, -0.1) is 0 Å². The molecule has 0 radical (unpaired) electrons. The van der Waals surface area contributed by atoms with Gasteiger partial charge in [-0.1, -0.05) is 17.7 Å². The van der Waals surface area contributed by atoms with Gasteiger partial charge in [0.15, 0.2) is 0 Å². The second-order valence-corrected chi connectivity index (χ2v) is 6.58. The first-order chi connectivity index (χ1) is 10.5. The van der Waals surface area contributed by atoms with Crippen molar-refractivity contribution in [1.82, 2.24) is 4.72 Å². The molecule has 0 bridgehead atoms. The standard InChI is InChI=1S/C16H19NO4S/c1-12-4-7-15(8-5-12)22(18,19)17-11-13-10-14(20-2)6-9-16(13)21-3/h4-10,17H,11H2,1-3H3. The third-order valence-corrected chi connectivity index (χ3v) is 4.69. The summed E-state index contributed by atoms with van der Waals surface area (Å²) in [5, 5.41) is 0. The van der Waals surface area contributed by atoms with Gasteiger partial charge < -0.3 is 9.47 Å². The number of nitrogens with one attached hydrogen (secondary N) is 1. The van der Waals surface area contributed by atoms with Crippen molar-refractivity contribution >= 4 is 10.0 Å². The molecule has 0 aromatic heterocycles. The summed E-state index contributed by atoms with van der Waals surface area (Å²) in [6.45, 7) is 2.03. The molecule has 0 saturated carbocycles. The molecular formula is C16H19NO4S. The predicted octanol–water partition coefficient (Wildman–Crippen LogP) is 2.49. The minimum Gasteiger partial charge on any atom is -0.497 e. The minimum atomic E-state index is -3.57. The quantitative estimate of drug-likeness (QED) is 0.888. The fourth-order valence-electron chi connectivity index (χ4n) is 1.99. The van der Waals surface area contributed by atoms with Crippen molar-refractivity contribution < 1.29 is 17.9 Å². The Morgan fingerprint density at radius 1 is 1.00 bits per heavy atom. The molecule has 0 aliphatic rings. The molecule has 2 aromatic rings. The van der Waals surface area contributed by atoms with Crippen LogP contribution in [0.15, 0.2) is 47.4 Å². The molecule has 0 aliphatic heterocycles. The first kappa shape index (κ1) is 16.3. The van der Waals surface area contributed by atoms with Crippen LogP contribution in [0.1, 0.15) is 11.1 Å². The van der Waals surface area contributed by atoms with Crippen molar-refractivity contribution in [3.63, 3.8) is 0 Å². The van der Waals surface area contributed by atoms with Gasteiger partial charge in [0.1, 0.15) is 11.5 Å². The van der Waals surface area contributed by atoms with Crippen molar-refractivity contribution in [3.05, 3.63) is 53.6 Å². The lowest BCUT2D eigenvalue weighted by Gasteiger charge is -2.12.